The van der Waals surface area contributed by atoms with E-state index in [0.717, 1.165) is 16.1 Å². The zero-order valence-electron chi connectivity index (χ0n) is 15.6. The van der Waals surface area contributed by atoms with Crippen LogP contribution in [0.5, 0.6) is 0 Å². The van der Waals surface area contributed by atoms with Crippen LogP contribution in [0.15, 0.2) is 83.8 Å². The van der Waals surface area contributed by atoms with Gasteiger partial charge in [0.1, 0.15) is 0 Å². The van der Waals surface area contributed by atoms with E-state index in [1.807, 2.05) is 73.7 Å². The van der Waals surface area contributed by atoms with Crippen molar-refractivity contribution in [1.82, 2.24) is 5.32 Å². The first-order valence-electron chi connectivity index (χ1n) is 9.02. The highest BCUT2D eigenvalue weighted by Crippen LogP contribution is 2.18. The van der Waals surface area contributed by atoms with E-state index in [0.29, 0.717) is 17.9 Å². The van der Waals surface area contributed by atoms with Gasteiger partial charge in [-0.25, -0.2) is 0 Å². The molecule has 4 nitrogen and oxygen atoms in total. The van der Waals surface area contributed by atoms with Gasteiger partial charge in [0, 0.05) is 22.7 Å². The monoisotopic (exact) mass is 390 g/mol. The molecule has 3 aromatic carbocycles. The van der Waals surface area contributed by atoms with Gasteiger partial charge >= 0.3 is 0 Å². The Morgan fingerprint density at radius 3 is 2.39 bits per heavy atom. The van der Waals surface area contributed by atoms with Gasteiger partial charge in [0.25, 0.3) is 5.91 Å². The lowest BCUT2D eigenvalue weighted by Crippen LogP contribution is -2.24. The smallest absolute Gasteiger partial charge is 0.255 e. The number of carbonyl (C=O) groups excluding carboxylic acids is 2. The molecule has 0 saturated carbocycles. The molecule has 0 atom stereocenters. The van der Waals surface area contributed by atoms with Crippen LogP contribution in [0.1, 0.15) is 21.5 Å². The van der Waals surface area contributed by atoms with Crippen molar-refractivity contribution in [2.75, 3.05) is 11.1 Å². The summed E-state index contributed by atoms with van der Waals surface area (Å²) in [5, 5.41) is 5.77. The second-order valence-corrected chi connectivity index (χ2v) is 7.45. The van der Waals surface area contributed by atoms with Crippen LogP contribution in [0.25, 0.3) is 0 Å². The molecule has 2 N–H and O–H groups in total. The number of nitrogens with one attached hydrogen (secondary N) is 2. The molecule has 3 aromatic rings. The van der Waals surface area contributed by atoms with Crippen LogP contribution in [-0.2, 0) is 11.3 Å². The lowest BCUT2D eigenvalue weighted by atomic mass is 10.1. The summed E-state index contributed by atoms with van der Waals surface area (Å²) in [6.07, 6.45) is 0. The third-order valence-electron chi connectivity index (χ3n) is 4.10. The molecule has 5 heteroatoms. The summed E-state index contributed by atoms with van der Waals surface area (Å²) < 4.78 is 0. The number of amides is 2. The minimum atomic E-state index is -0.172. The molecule has 28 heavy (non-hydrogen) atoms. The summed E-state index contributed by atoms with van der Waals surface area (Å²) in [6.45, 7) is 2.43. The molecule has 0 aliphatic heterocycles. The van der Waals surface area contributed by atoms with Crippen LogP contribution < -0.4 is 10.6 Å². The summed E-state index contributed by atoms with van der Waals surface area (Å²) in [4.78, 5) is 25.6. The number of hydrogen-bond acceptors (Lipinski definition) is 3. The lowest BCUT2D eigenvalue weighted by molar-refractivity contribution is -0.118. The van der Waals surface area contributed by atoms with Crippen molar-refractivity contribution in [2.45, 2.75) is 18.4 Å². The Bertz CT molecular complexity index is 940. The van der Waals surface area contributed by atoms with E-state index < -0.39 is 0 Å². The van der Waals surface area contributed by atoms with Crippen molar-refractivity contribution in [1.29, 1.82) is 0 Å². The van der Waals surface area contributed by atoms with Crippen molar-refractivity contribution in [3.63, 3.8) is 0 Å². The normalized spacial score (nSPS) is 10.3. The fourth-order valence-corrected chi connectivity index (χ4v) is 3.31. The number of rotatable bonds is 7. The molecule has 0 spiro atoms. The minimum absolute atomic E-state index is 0.0373. The molecule has 0 bridgehead atoms. The van der Waals surface area contributed by atoms with Gasteiger partial charge in [-0.2, -0.15) is 0 Å². The van der Waals surface area contributed by atoms with Crippen molar-refractivity contribution in [2.24, 2.45) is 0 Å². The van der Waals surface area contributed by atoms with Gasteiger partial charge < -0.3 is 10.6 Å². The first-order chi connectivity index (χ1) is 13.6. The average Bonchev–Trinajstić information content (AvgIpc) is 2.73. The predicted molar refractivity (Wildman–Crippen MR) is 115 cm³/mol. The summed E-state index contributed by atoms with van der Waals surface area (Å²) in [5.74, 6) is 0.149. The number of hydrogen-bond donors (Lipinski definition) is 2. The third kappa shape index (κ3) is 5.99. The largest absolute Gasteiger partial charge is 0.351 e. The summed E-state index contributed by atoms with van der Waals surface area (Å²) in [6, 6.07) is 24.7. The standard InChI is InChI=1S/C23H22N2O2S/c1-17-10-12-21(13-11-17)28-16-22(26)24-15-18-6-5-7-19(14-18)23(27)25-20-8-3-2-4-9-20/h2-14H,15-16H2,1H3,(H,24,26)(H,25,27). The van der Waals surface area contributed by atoms with Crippen LogP contribution >= 0.6 is 11.8 Å². The van der Waals surface area contributed by atoms with E-state index in [2.05, 4.69) is 10.6 Å². The molecule has 0 aromatic heterocycles. The number of aryl methyl sites for hydroxylation is 1. The van der Waals surface area contributed by atoms with Gasteiger partial charge in [-0.3, -0.25) is 9.59 Å². The molecule has 0 unspecified atom stereocenters. The van der Waals surface area contributed by atoms with Gasteiger partial charge in [-0.15, -0.1) is 11.8 Å². The Kier molecular flexibility index (Phi) is 6.87. The second kappa shape index (κ2) is 9.76. The number of benzene rings is 3. The quantitative estimate of drug-likeness (QED) is 0.577. The number of carbonyl (C=O) groups is 2. The van der Waals surface area contributed by atoms with E-state index in [4.69, 9.17) is 0 Å². The fraction of sp³-hybridized carbons (Fsp3) is 0.130. The highest BCUT2D eigenvalue weighted by molar-refractivity contribution is 8.00. The Hall–Kier alpha value is -3.05. The molecule has 0 heterocycles. The third-order valence-corrected chi connectivity index (χ3v) is 5.11. The van der Waals surface area contributed by atoms with E-state index in [9.17, 15) is 9.59 Å². The Morgan fingerprint density at radius 1 is 0.893 bits per heavy atom. The number of anilines is 1. The van der Waals surface area contributed by atoms with Gasteiger partial charge in [-0.05, 0) is 48.9 Å². The molecular formula is C23H22N2O2S. The molecule has 142 valence electrons. The Morgan fingerprint density at radius 2 is 1.64 bits per heavy atom. The topological polar surface area (TPSA) is 58.2 Å². The highest BCUT2D eigenvalue weighted by Gasteiger charge is 2.08. The van der Waals surface area contributed by atoms with E-state index in [1.165, 1.54) is 17.3 Å². The van der Waals surface area contributed by atoms with Crippen LogP contribution in [0, 0.1) is 6.92 Å². The molecular weight excluding hydrogens is 368 g/mol. The Balaban J connectivity index is 1.50. The van der Waals surface area contributed by atoms with E-state index in [1.54, 1.807) is 12.1 Å². The SMILES string of the molecule is Cc1ccc(SCC(=O)NCc2cccc(C(=O)Nc3ccccc3)c2)cc1. The first kappa shape index (κ1) is 19.7. The molecule has 3 rings (SSSR count). The lowest BCUT2D eigenvalue weighted by Gasteiger charge is -2.08. The van der Waals surface area contributed by atoms with Crippen LogP contribution in [0.3, 0.4) is 0 Å². The van der Waals surface area contributed by atoms with Crippen molar-refractivity contribution < 1.29 is 9.59 Å². The van der Waals surface area contributed by atoms with Crippen LogP contribution in [-0.4, -0.2) is 17.6 Å². The molecule has 0 aliphatic carbocycles. The average molecular weight is 391 g/mol. The van der Waals surface area contributed by atoms with Gasteiger partial charge in [0.05, 0.1) is 5.75 Å². The second-order valence-electron chi connectivity index (χ2n) is 6.40. The van der Waals surface area contributed by atoms with Crippen molar-refractivity contribution in [3.05, 3.63) is 95.6 Å². The zero-order chi connectivity index (χ0) is 19.8. The molecule has 0 fully saturated rings. The summed E-state index contributed by atoms with van der Waals surface area (Å²) >= 11 is 1.51. The first-order valence-corrected chi connectivity index (χ1v) is 10.0. The van der Waals surface area contributed by atoms with Crippen LogP contribution in [0.2, 0.25) is 0 Å². The fourth-order valence-electron chi connectivity index (χ4n) is 2.58. The minimum Gasteiger partial charge on any atom is -0.351 e. The van der Waals surface area contributed by atoms with Gasteiger partial charge in [-0.1, -0.05) is 48.0 Å². The van der Waals surface area contributed by atoms with Crippen molar-refractivity contribution in [3.8, 4) is 0 Å². The number of para-hydroxylation sites is 1. The van der Waals surface area contributed by atoms with E-state index in [-0.39, 0.29) is 11.8 Å². The van der Waals surface area contributed by atoms with E-state index >= 15 is 0 Å². The number of thioether (sulfide) groups is 1. The Labute approximate surface area is 169 Å². The maximum Gasteiger partial charge on any atom is 0.255 e. The molecule has 0 radical (unpaired) electrons. The maximum atomic E-state index is 12.4. The molecule has 2 amide bonds. The summed E-state index contributed by atoms with van der Waals surface area (Å²) in [7, 11) is 0. The van der Waals surface area contributed by atoms with Crippen molar-refractivity contribution >= 4 is 29.3 Å². The predicted octanol–water partition coefficient (Wildman–Crippen LogP) is 4.66. The van der Waals surface area contributed by atoms with Crippen LogP contribution in [0.4, 0.5) is 5.69 Å². The maximum absolute atomic E-state index is 12.4. The molecule has 0 aliphatic rings. The molecule has 0 saturated heterocycles. The highest BCUT2D eigenvalue weighted by atomic mass is 32.2. The van der Waals surface area contributed by atoms with Gasteiger partial charge in [0.15, 0.2) is 0 Å². The summed E-state index contributed by atoms with van der Waals surface area (Å²) in [5.41, 5.74) is 3.39. The zero-order valence-corrected chi connectivity index (χ0v) is 16.5. The van der Waals surface area contributed by atoms with Gasteiger partial charge in [0.2, 0.25) is 5.91 Å².